The number of non-ortho nitro benzene ring substituents is 1. The van der Waals surface area contributed by atoms with E-state index < -0.39 is 4.92 Å². The summed E-state index contributed by atoms with van der Waals surface area (Å²) in [5.41, 5.74) is 1.11. The first kappa shape index (κ1) is 20.5. The summed E-state index contributed by atoms with van der Waals surface area (Å²) < 4.78 is 0. The lowest BCUT2D eigenvalue weighted by atomic mass is 9.89. The van der Waals surface area contributed by atoms with Gasteiger partial charge in [-0.05, 0) is 43.7 Å². The van der Waals surface area contributed by atoms with Gasteiger partial charge in [-0.1, -0.05) is 18.7 Å². The minimum Gasteiger partial charge on any atom is -0.506 e. The van der Waals surface area contributed by atoms with Gasteiger partial charge in [0.15, 0.2) is 0 Å². The topological polar surface area (TPSA) is 118 Å². The molecule has 0 aliphatic heterocycles. The van der Waals surface area contributed by atoms with Crippen LogP contribution >= 0.6 is 23.1 Å². The summed E-state index contributed by atoms with van der Waals surface area (Å²) in [5.74, 6) is 0.782. The van der Waals surface area contributed by atoms with Crippen LogP contribution in [0, 0.1) is 23.0 Å². The van der Waals surface area contributed by atoms with E-state index >= 15 is 0 Å². The molecule has 4 rings (SSSR count). The van der Waals surface area contributed by atoms with Crippen molar-refractivity contribution in [2.24, 2.45) is 5.92 Å². The third-order valence-corrected chi connectivity index (χ3v) is 7.16. The number of hydrogen-bond donors (Lipinski definition) is 2. The van der Waals surface area contributed by atoms with Crippen molar-refractivity contribution in [1.29, 1.82) is 0 Å². The van der Waals surface area contributed by atoms with Gasteiger partial charge in [0.1, 0.15) is 21.4 Å². The monoisotopic (exact) mass is 444 g/mol. The van der Waals surface area contributed by atoms with Crippen LogP contribution in [0.5, 0.6) is 5.75 Å². The maximum atomic E-state index is 12.5. The number of nitro benzene ring substituents is 1. The number of amides is 1. The number of benzene rings is 1. The number of carbonyl (C=O) groups is 1. The third kappa shape index (κ3) is 4.10. The van der Waals surface area contributed by atoms with Crippen LogP contribution in [-0.4, -0.2) is 31.7 Å². The quantitative estimate of drug-likeness (QED) is 0.196. The molecule has 1 aliphatic carbocycles. The molecule has 30 heavy (non-hydrogen) atoms. The number of aromatic hydroxyl groups is 1. The van der Waals surface area contributed by atoms with Crippen molar-refractivity contribution in [2.45, 2.75) is 38.1 Å². The summed E-state index contributed by atoms with van der Waals surface area (Å²) >= 11 is 3.03. The van der Waals surface area contributed by atoms with E-state index in [9.17, 15) is 20.0 Å². The van der Waals surface area contributed by atoms with Crippen LogP contribution in [-0.2, 0) is 17.6 Å². The Hall–Kier alpha value is -2.72. The van der Waals surface area contributed by atoms with Gasteiger partial charge in [-0.2, -0.15) is 0 Å². The van der Waals surface area contributed by atoms with Gasteiger partial charge in [-0.3, -0.25) is 14.9 Å². The number of nitro groups is 1. The smallest absolute Gasteiger partial charge is 0.271 e. The number of nitrogens with zero attached hydrogens (tertiary/aromatic N) is 3. The molecule has 0 spiro atoms. The van der Waals surface area contributed by atoms with Gasteiger partial charge < -0.3 is 10.4 Å². The summed E-state index contributed by atoms with van der Waals surface area (Å²) in [4.78, 5) is 34.3. The number of nitrogens with one attached hydrogen (secondary N) is 1. The molecule has 0 saturated heterocycles. The first-order valence-electron chi connectivity index (χ1n) is 9.50. The first-order valence-corrected chi connectivity index (χ1v) is 11.3. The Bertz CT molecular complexity index is 1160. The summed E-state index contributed by atoms with van der Waals surface area (Å²) in [6.45, 7) is 4.10. The van der Waals surface area contributed by atoms with Gasteiger partial charge in [0.05, 0.1) is 16.4 Å². The number of aryl methyl sites for hydroxylation is 2. The lowest BCUT2D eigenvalue weighted by Crippen LogP contribution is -2.14. The van der Waals surface area contributed by atoms with Crippen LogP contribution in [0.25, 0.3) is 10.2 Å². The molecule has 8 nitrogen and oxygen atoms in total. The second-order valence-electron chi connectivity index (χ2n) is 7.40. The van der Waals surface area contributed by atoms with Crippen LogP contribution < -0.4 is 5.32 Å². The predicted octanol–water partition coefficient (Wildman–Crippen LogP) is 4.47. The average molecular weight is 445 g/mol. The highest BCUT2D eigenvalue weighted by atomic mass is 32.2. The number of anilines is 1. The number of rotatable bonds is 5. The Morgan fingerprint density at radius 2 is 2.23 bits per heavy atom. The van der Waals surface area contributed by atoms with E-state index in [0.29, 0.717) is 11.7 Å². The number of hydrogen-bond acceptors (Lipinski definition) is 8. The summed E-state index contributed by atoms with van der Waals surface area (Å²) in [6.07, 6.45) is 3.17. The van der Waals surface area contributed by atoms with Crippen molar-refractivity contribution in [3.05, 3.63) is 44.6 Å². The SMILES string of the molecule is Cc1nc(SCC(=O)Nc2cc([N+](=O)[O-])ccc2O)c2c3c(sc2n1)CC(C)CC3. The number of fused-ring (bicyclic) bond motifs is 3. The Labute approximate surface area is 180 Å². The highest BCUT2D eigenvalue weighted by Crippen LogP contribution is 2.41. The van der Waals surface area contributed by atoms with Crippen LogP contribution in [0.15, 0.2) is 23.2 Å². The van der Waals surface area contributed by atoms with Gasteiger partial charge in [0.25, 0.3) is 5.69 Å². The minimum absolute atomic E-state index is 0.0146. The molecule has 1 unspecified atom stereocenters. The van der Waals surface area contributed by atoms with Gasteiger partial charge in [-0.25, -0.2) is 9.97 Å². The van der Waals surface area contributed by atoms with Crippen LogP contribution in [0.4, 0.5) is 11.4 Å². The molecule has 10 heteroatoms. The van der Waals surface area contributed by atoms with Crippen molar-refractivity contribution in [1.82, 2.24) is 9.97 Å². The predicted molar refractivity (Wildman–Crippen MR) is 117 cm³/mol. The Morgan fingerprint density at radius 3 is 3.00 bits per heavy atom. The minimum atomic E-state index is -0.579. The van der Waals surface area contributed by atoms with Crippen LogP contribution in [0.1, 0.15) is 29.6 Å². The maximum Gasteiger partial charge on any atom is 0.271 e. The van der Waals surface area contributed by atoms with Gasteiger partial charge in [0.2, 0.25) is 5.91 Å². The Morgan fingerprint density at radius 1 is 1.43 bits per heavy atom. The number of thioether (sulfide) groups is 1. The molecule has 0 fully saturated rings. The number of phenolic OH excluding ortho intramolecular Hbond substituents is 1. The molecule has 2 heterocycles. The Kier molecular flexibility index (Phi) is 5.61. The zero-order valence-corrected chi connectivity index (χ0v) is 18.1. The molecule has 1 atom stereocenters. The molecule has 3 aromatic rings. The molecule has 2 aromatic heterocycles. The summed E-state index contributed by atoms with van der Waals surface area (Å²) in [5, 5.41) is 25.2. The van der Waals surface area contributed by atoms with Crippen molar-refractivity contribution in [3.8, 4) is 5.75 Å². The molecule has 2 N–H and O–H groups in total. The normalized spacial score (nSPS) is 15.7. The second-order valence-corrected chi connectivity index (χ2v) is 9.45. The van der Waals surface area contributed by atoms with Crippen molar-refractivity contribution >= 4 is 50.6 Å². The fraction of sp³-hybridized carbons (Fsp3) is 0.350. The fourth-order valence-corrected chi connectivity index (χ4v) is 5.97. The molecule has 0 radical (unpaired) electrons. The van der Waals surface area contributed by atoms with Gasteiger partial charge in [0, 0.05) is 22.4 Å². The molecule has 1 aliphatic rings. The average Bonchev–Trinajstić information content (AvgIpc) is 3.04. The zero-order chi connectivity index (χ0) is 21.4. The largest absolute Gasteiger partial charge is 0.506 e. The fourth-order valence-electron chi connectivity index (χ4n) is 3.57. The number of aromatic nitrogens is 2. The lowest BCUT2D eigenvalue weighted by molar-refractivity contribution is -0.384. The number of thiophene rings is 1. The van der Waals surface area contributed by atoms with Crippen LogP contribution in [0.2, 0.25) is 0 Å². The lowest BCUT2D eigenvalue weighted by Gasteiger charge is -2.18. The molecular formula is C20H20N4O4S2. The number of carbonyl (C=O) groups excluding carboxylic acids is 1. The van der Waals surface area contributed by atoms with Gasteiger partial charge >= 0.3 is 0 Å². The van der Waals surface area contributed by atoms with E-state index in [1.807, 2.05) is 6.92 Å². The van der Waals surface area contributed by atoms with E-state index in [1.54, 1.807) is 11.3 Å². The standard InChI is InChI=1S/C20H20N4O4S2/c1-10-3-5-13-16(7-10)30-20-18(13)19(21-11(2)22-20)29-9-17(26)23-14-8-12(24(27)28)4-6-15(14)25/h4,6,8,10,25H,3,5,7,9H2,1-2H3,(H,23,26). The molecule has 156 valence electrons. The van der Waals surface area contributed by atoms with Gasteiger partial charge in [-0.15, -0.1) is 11.3 Å². The van der Waals surface area contributed by atoms with Crippen LogP contribution in [0.3, 0.4) is 0 Å². The molecule has 0 saturated carbocycles. The zero-order valence-electron chi connectivity index (χ0n) is 16.5. The van der Waals surface area contributed by atoms with Crippen molar-refractivity contribution < 1.29 is 14.8 Å². The number of phenols is 1. The molecule has 1 aromatic carbocycles. The first-order chi connectivity index (χ1) is 14.3. The second kappa shape index (κ2) is 8.19. The van der Waals surface area contributed by atoms with E-state index in [-0.39, 0.29) is 28.8 Å². The van der Waals surface area contributed by atoms with Crippen molar-refractivity contribution in [3.63, 3.8) is 0 Å². The van der Waals surface area contributed by atoms with E-state index in [2.05, 4.69) is 22.2 Å². The third-order valence-electron chi connectivity index (χ3n) is 5.04. The Balaban J connectivity index is 1.55. The highest BCUT2D eigenvalue weighted by molar-refractivity contribution is 8.00. The summed E-state index contributed by atoms with van der Waals surface area (Å²) in [7, 11) is 0. The van der Waals surface area contributed by atoms with E-state index in [1.165, 1.54) is 34.3 Å². The molecule has 1 amide bonds. The molecular weight excluding hydrogens is 424 g/mol. The van der Waals surface area contributed by atoms with E-state index in [4.69, 9.17) is 0 Å². The molecule has 0 bridgehead atoms. The van der Waals surface area contributed by atoms with Crippen molar-refractivity contribution in [2.75, 3.05) is 11.1 Å². The maximum absolute atomic E-state index is 12.5. The highest BCUT2D eigenvalue weighted by Gasteiger charge is 2.24. The summed E-state index contributed by atoms with van der Waals surface area (Å²) in [6, 6.07) is 3.51. The van der Waals surface area contributed by atoms with E-state index in [0.717, 1.165) is 40.6 Å².